The predicted molar refractivity (Wildman–Crippen MR) is 420 cm³/mol. The number of phenolic OH excluding ortho intramolecular Hbond substituents is 3. The van der Waals surface area contributed by atoms with E-state index in [1.54, 1.807) is 0 Å². The van der Waals surface area contributed by atoms with Gasteiger partial charge in [0.05, 0.1) is 40.8 Å². The highest BCUT2D eigenvalue weighted by Crippen LogP contribution is 2.51. The van der Waals surface area contributed by atoms with Crippen molar-refractivity contribution < 1.29 is 117 Å². The molecule has 0 radical (unpaired) electrons. The second-order valence-corrected chi connectivity index (χ2v) is 31.5. The number of aliphatic hydroxyl groups is 5. The van der Waals surface area contributed by atoms with Crippen LogP contribution >= 0.6 is 35.0 Å². The van der Waals surface area contributed by atoms with E-state index in [4.69, 9.17) is 72.5 Å². The lowest BCUT2D eigenvalue weighted by Crippen LogP contribution is -2.64. The summed E-state index contributed by atoms with van der Waals surface area (Å²) in [5.74, 6) is -15.8. The van der Waals surface area contributed by atoms with Gasteiger partial charge in [-0.15, -0.1) is 0 Å². The van der Waals surface area contributed by atoms with Crippen molar-refractivity contribution in [1.82, 2.24) is 42.2 Å². The van der Waals surface area contributed by atoms with E-state index in [1.807, 2.05) is 74.5 Å². The number of aliphatic carboxylic acids is 1. The summed E-state index contributed by atoms with van der Waals surface area (Å²) >= 11 is 15.4. The number of benzene rings is 7. The van der Waals surface area contributed by atoms with Crippen molar-refractivity contribution >= 4 is 82.3 Å². The number of ether oxygens (including phenoxy) is 6. The van der Waals surface area contributed by atoms with E-state index < -0.39 is 231 Å². The van der Waals surface area contributed by atoms with Crippen molar-refractivity contribution in [3.05, 3.63) is 177 Å². The molecule has 8 heterocycles. The SMILES string of the molecule is CN[C@H](CC(C)C)C(=O)N[C@H]1C(=O)N[C@@H](CC(N)=O)C(=O)NC2C(=O)NC3C(=O)N[C@H](C(=O)N[C@@H](C(=O)O)c4cc(O)cc(O)c4-c4cc3ccc4O)[C@H](O)c3ccc(c(Cl)c3)Oc3cc2cc(c3OC2OC(CSc3nc(-c4ccccc4)c(-c4ccccc4)o3)C(O)C(O)C2OC2CC(C)(N)C(O)C(C)O2)Oc2ccc(cc2Cl)[C@H]1O. The number of nitrogens with two attached hydrogens (primary N) is 2. The Morgan fingerprint density at radius 2 is 1.30 bits per heavy atom. The number of primary amides is 1. The summed E-state index contributed by atoms with van der Waals surface area (Å²) in [6.45, 7) is 6.70. The standard InChI is InChI=1S/C81H84Cl2N10O24S/c1-33(2)22-46(86-5)72(103)91-62-64(98)38-17-20-50(44(82)24-38)112-52-26-40-27-53(69(52)116-79-70(115-56-31-81(4,85)71(102)34(3)111-56)67(101)66(100)54(114-79)32-118-80-93-58(35-12-8-6-9-13-35)68(117-80)36-14-10-7-11-15-36)113-51-21-18-39(25-45(51)83)65(99)63-77(108)90-61(78(109)110)43-28-41(94)29-49(96)57(43)42-23-37(16-19-48(42)95)59(74(105)92-63)89-75(106)60(40)88-73(104)47(30-55(84)97)87-76(62)107/h6-21,23-29,33-34,46-47,54,56,59-67,70-71,79,86,94-96,98-102H,22,30-32,85H2,1-5H3,(H2,84,97)(H,87,107)(H,88,104)(H,89,106)(H,90,108)(H,91,103)(H,92,105)(H,109,110)/t34?,46-,47+,54?,56?,59?,60?,61-,62-,63+,64-,65-,66?,67?,70?,71?,79?,81?/m1/s1. The number of thioether (sulfide) groups is 1. The Morgan fingerprint density at radius 3 is 1.91 bits per heavy atom. The van der Waals surface area contributed by atoms with Crippen LogP contribution in [0.2, 0.25) is 10.0 Å². The molecule has 7 aliphatic rings. The van der Waals surface area contributed by atoms with Crippen LogP contribution in [-0.2, 0) is 52.6 Å². The number of nitrogens with one attached hydrogen (secondary N) is 7. The lowest BCUT2D eigenvalue weighted by molar-refractivity contribution is -0.329. The van der Waals surface area contributed by atoms with E-state index in [1.165, 1.54) is 33.0 Å². The van der Waals surface area contributed by atoms with Gasteiger partial charge in [-0.25, -0.2) is 9.78 Å². The molecule has 34 nitrogen and oxygen atoms in total. The molecule has 15 rings (SSSR count). The summed E-state index contributed by atoms with van der Waals surface area (Å²) in [4.78, 5) is 123. The first-order valence-electron chi connectivity index (χ1n) is 37.2. The summed E-state index contributed by atoms with van der Waals surface area (Å²) in [7, 11) is 1.48. The van der Waals surface area contributed by atoms with Gasteiger partial charge >= 0.3 is 5.97 Å². The molecule has 0 saturated carbocycles. The van der Waals surface area contributed by atoms with Gasteiger partial charge < -0.3 is 127 Å². The number of carbonyl (C=O) groups excluding carboxylic acids is 7. The van der Waals surface area contributed by atoms with Crippen molar-refractivity contribution in [2.45, 2.75) is 161 Å². The Balaban J connectivity index is 1.03. The largest absolute Gasteiger partial charge is 0.508 e. The fraction of sp³-hybridized carbons (Fsp3) is 0.346. The van der Waals surface area contributed by atoms with Crippen molar-refractivity contribution in [1.29, 1.82) is 0 Å². The summed E-state index contributed by atoms with van der Waals surface area (Å²) in [6, 6.07) is 17.8. The first kappa shape index (κ1) is 84.7. The molecule has 0 spiro atoms. The first-order chi connectivity index (χ1) is 56.1. The van der Waals surface area contributed by atoms with E-state index in [0.717, 1.165) is 78.5 Å². The number of hydrogen-bond donors (Lipinski definition) is 18. The molecule has 11 unspecified atom stereocenters. The van der Waals surface area contributed by atoms with Crippen LogP contribution < -0.4 is 62.9 Å². The zero-order valence-electron chi connectivity index (χ0n) is 63.4. The highest BCUT2D eigenvalue weighted by Gasteiger charge is 2.52. The molecule has 8 aromatic rings. The number of aromatic nitrogens is 1. The number of nitrogens with zero attached hydrogens (tertiary/aromatic N) is 1. The van der Waals surface area contributed by atoms with Gasteiger partial charge in [0.1, 0.15) is 89.1 Å². The van der Waals surface area contributed by atoms with Gasteiger partial charge in [0.15, 0.2) is 35.7 Å². The minimum absolute atomic E-state index is 0.0832. The third kappa shape index (κ3) is 18.1. The number of phenols is 3. The van der Waals surface area contributed by atoms with Crippen molar-refractivity contribution in [3.63, 3.8) is 0 Å². The Morgan fingerprint density at radius 1 is 0.686 bits per heavy atom. The fourth-order valence-corrected chi connectivity index (χ4v) is 15.9. The van der Waals surface area contributed by atoms with Crippen molar-refractivity contribution in [2.75, 3.05) is 12.8 Å². The van der Waals surface area contributed by atoms with Crippen LogP contribution in [0.15, 0.2) is 149 Å². The number of fused-ring (bicyclic) bond motifs is 15. The molecule has 37 heteroatoms. The number of amides is 7. The number of halogens is 2. The summed E-state index contributed by atoms with van der Waals surface area (Å²) in [5, 5.41) is 123. The van der Waals surface area contributed by atoms with Crippen LogP contribution in [0.5, 0.6) is 46.0 Å². The predicted octanol–water partition coefficient (Wildman–Crippen LogP) is 5.23. The van der Waals surface area contributed by atoms with Gasteiger partial charge in [0, 0.05) is 51.6 Å². The molecular formula is C81H84Cl2N10O24S. The number of carboxylic acids is 1. The summed E-state index contributed by atoms with van der Waals surface area (Å²) < 4.78 is 46.6. The van der Waals surface area contributed by atoms with E-state index >= 15 is 24.0 Å². The topological polar surface area (TPSA) is 536 Å². The second-order valence-electron chi connectivity index (χ2n) is 29.7. The number of carbonyl (C=O) groups is 8. The summed E-state index contributed by atoms with van der Waals surface area (Å²) in [6.07, 6.45) is -18.5. The van der Waals surface area contributed by atoms with Gasteiger partial charge in [-0.1, -0.05) is 128 Å². The Bertz CT molecular complexity index is 5130. The molecule has 2 fully saturated rings. The van der Waals surface area contributed by atoms with Gasteiger partial charge in [-0.2, -0.15) is 0 Å². The number of likely N-dealkylation sites (N-methyl/N-ethyl adjacent to an activating group) is 1. The molecule has 1 aromatic heterocycles. The summed E-state index contributed by atoms with van der Waals surface area (Å²) in [5.41, 5.74) is 10.1. The van der Waals surface area contributed by atoms with Gasteiger partial charge in [-0.05, 0) is 110 Å². The molecule has 0 aliphatic carbocycles. The number of hydrogen-bond acceptors (Lipinski definition) is 27. The van der Waals surface area contributed by atoms with Crippen LogP contribution in [0.25, 0.3) is 33.7 Å². The Labute approximate surface area is 686 Å². The zero-order valence-corrected chi connectivity index (χ0v) is 65.7. The Kier molecular flexibility index (Phi) is 25.3. The van der Waals surface area contributed by atoms with Crippen molar-refractivity contribution in [2.24, 2.45) is 17.4 Å². The first-order valence-corrected chi connectivity index (χ1v) is 39.0. The van der Waals surface area contributed by atoms with E-state index in [-0.39, 0.29) is 57.2 Å². The minimum atomic E-state index is -2.37. The highest BCUT2D eigenvalue weighted by molar-refractivity contribution is 7.99. The third-order valence-electron chi connectivity index (χ3n) is 20.7. The zero-order chi connectivity index (χ0) is 84.6. The van der Waals surface area contributed by atoms with E-state index in [9.17, 15) is 60.3 Å². The molecule has 622 valence electrons. The van der Waals surface area contributed by atoms with Gasteiger partial charge in [-0.3, -0.25) is 33.6 Å². The molecule has 7 aliphatic heterocycles. The van der Waals surface area contributed by atoms with E-state index in [2.05, 4.69) is 37.2 Å². The number of carboxylic acid groups (broad SMARTS) is 1. The maximum Gasteiger partial charge on any atom is 0.330 e. The molecule has 7 amide bonds. The fourth-order valence-electron chi connectivity index (χ4n) is 14.6. The minimum Gasteiger partial charge on any atom is -0.508 e. The number of aromatic hydroxyl groups is 3. The van der Waals surface area contributed by atoms with Crippen LogP contribution in [-0.4, -0.2) is 190 Å². The third-order valence-corrected chi connectivity index (χ3v) is 22.2. The van der Waals surface area contributed by atoms with Crippen LogP contribution in [0.1, 0.15) is 105 Å². The molecule has 11 bridgehead atoms. The average molecular weight is 1680 g/mol. The maximum absolute atomic E-state index is 16.3. The van der Waals surface area contributed by atoms with Gasteiger partial charge in [0.25, 0.3) is 5.22 Å². The molecule has 18 atom stereocenters. The monoisotopic (exact) mass is 1680 g/mol. The number of oxazole rings is 1. The lowest BCUT2D eigenvalue weighted by Gasteiger charge is -2.47. The van der Waals surface area contributed by atoms with Gasteiger partial charge in [0.2, 0.25) is 53.4 Å². The smallest absolute Gasteiger partial charge is 0.330 e. The van der Waals surface area contributed by atoms with E-state index in [0.29, 0.717) is 22.6 Å². The highest BCUT2D eigenvalue weighted by atomic mass is 35.5. The molecular weight excluding hydrogens is 1600 g/mol. The maximum atomic E-state index is 16.3. The normalized spacial score (nSPS) is 26.8. The number of rotatable bonds is 17. The Hall–Kier alpha value is -11.2. The van der Waals surface area contributed by atoms with Crippen LogP contribution in [0, 0.1) is 5.92 Å². The molecule has 20 N–H and O–H groups in total. The molecule has 2 saturated heterocycles. The van der Waals surface area contributed by atoms with Crippen LogP contribution in [0.4, 0.5) is 0 Å². The lowest BCUT2D eigenvalue weighted by atomic mass is 9.86. The average Bonchev–Trinajstić information content (AvgIpc) is 0.940. The number of aliphatic hydroxyl groups excluding tert-OH is 5. The second kappa shape index (κ2) is 35.2. The quantitative estimate of drug-likeness (QED) is 0.0519. The molecule has 7 aromatic carbocycles. The van der Waals surface area contributed by atoms with Crippen molar-refractivity contribution in [3.8, 4) is 79.7 Å². The molecule has 118 heavy (non-hydrogen) atoms. The van der Waals surface area contributed by atoms with Crippen LogP contribution in [0.3, 0.4) is 0 Å².